The minimum Gasteiger partial charge on any atom is -0.497 e. The summed E-state index contributed by atoms with van der Waals surface area (Å²) >= 11 is 12.8. The quantitative estimate of drug-likeness (QED) is 0.0428. The van der Waals surface area contributed by atoms with E-state index in [0.29, 0.717) is 28.8 Å². The van der Waals surface area contributed by atoms with Gasteiger partial charge in [0.1, 0.15) is 11.6 Å². The van der Waals surface area contributed by atoms with Gasteiger partial charge in [0.15, 0.2) is 33.5 Å². The second kappa shape index (κ2) is 31.5. The van der Waals surface area contributed by atoms with Gasteiger partial charge < -0.3 is 36.2 Å². The third-order valence-corrected chi connectivity index (χ3v) is 24.9. The highest BCUT2D eigenvalue weighted by atomic mass is 79.9. The number of aromatic nitrogens is 18. The van der Waals surface area contributed by atoms with Gasteiger partial charge in [0.2, 0.25) is 23.8 Å². The van der Waals surface area contributed by atoms with Crippen molar-refractivity contribution in [3.05, 3.63) is 250 Å². The molecule has 27 nitrogen and oxygen atoms in total. The van der Waals surface area contributed by atoms with Gasteiger partial charge in [0.25, 0.3) is 0 Å². The topological polar surface area (TPSA) is 340 Å². The zero-order valence-corrected chi connectivity index (χ0v) is 67.4. The maximum Gasteiger partial charge on any atom is 0.231 e. The summed E-state index contributed by atoms with van der Waals surface area (Å²) in [5.74, 6) is 5.83. The standard InChI is InChI=1S/C22H18N6S.C21H15N7OS2.C20H12FN7S2.C19H13BrN6S/c1-2-4-15-13-28(9-7-14(15)3-1)22-25-19-8-10-29-20(19)21(26-22)24-17-5-6-18-16(11-17)12-23-27-18;1-29-13-3-5-15-17(9-13)31-21(25-15)27-20-24-16-6-7-30-18(16)19(26-20)23-12-2-4-14-11(8-12)10-22-28-14;21-11-1-3-14-16(8-11)30-20(25-14)27-19-24-15-5-6-29-17(15)18(26-19)23-12-2-4-13-10(7-12)9-22-28-13;20-12-1-3-13(4-2-12)23-19-24-16-7-8-27-17(16)18(25-19)22-14-5-6-15-11(9-14)10-21-26-15/h1-6,8,10-12H,7,9,13H2,(H,23,27)(H,24,25,26);2-10H,1H3,(H,22,28)(H2,23,24,25,26,27);1-9H,(H,22,28)(H2,23,24,25,26,27);1-10H,(H,21,26)(H2,22,23,24,25). The lowest BCUT2D eigenvalue weighted by molar-refractivity contribution is 0.415. The number of hydrogen-bond acceptors (Lipinski definition) is 29. The molecule has 14 aromatic heterocycles. The van der Waals surface area contributed by atoms with Gasteiger partial charge in [0.05, 0.1) is 115 Å². The van der Waals surface area contributed by atoms with Crippen LogP contribution in [0.15, 0.2) is 233 Å². The molecule has 0 saturated heterocycles. The predicted octanol–water partition coefficient (Wildman–Crippen LogP) is 22.2. The summed E-state index contributed by atoms with van der Waals surface area (Å²) < 4.78 is 25.6. The molecule has 0 radical (unpaired) electrons. The van der Waals surface area contributed by atoms with Gasteiger partial charge in [-0.2, -0.15) is 40.3 Å². The third-order valence-electron chi connectivity index (χ3n) is 18.9. The van der Waals surface area contributed by atoms with E-state index in [0.717, 1.165) is 192 Å². The van der Waals surface area contributed by atoms with E-state index in [9.17, 15) is 4.39 Å². The van der Waals surface area contributed by atoms with Crippen molar-refractivity contribution < 1.29 is 9.13 Å². The molecular weight excluding hydrogens is 1660 g/mol. The molecule has 0 saturated carbocycles. The van der Waals surface area contributed by atoms with Crippen LogP contribution in [0.3, 0.4) is 0 Å². The van der Waals surface area contributed by atoms with Crippen molar-refractivity contribution >= 4 is 275 Å². The lowest BCUT2D eigenvalue weighted by Crippen LogP contribution is -2.31. The SMILES string of the molecule is Brc1ccc(Nc2nc(Nc3ccc4[nH]ncc4c3)c3sccc3n2)cc1.COc1ccc2nc(Nc3nc(Nc4ccc5[nH]ncc5c4)c4sccc4n3)sc2c1.Fc1ccc2nc(Nc3nc(Nc4ccc5[nH]ncc5c4)c4sccc4n3)sc2c1.c1ccc2c(c1)CCN(c1nc(Nc3ccc4[nH]ncc4c3)c3sccc3n1)C2. The number of anilines is 15. The molecule has 1 aliphatic rings. The zero-order chi connectivity index (χ0) is 78.3. The number of thiophene rings is 4. The molecule has 8 aromatic carbocycles. The molecule has 0 atom stereocenters. The van der Waals surface area contributed by atoms with Crippen molar-refractivity contribution in [3.63, 3.8) is 0 Å². The van der Waals surface area contributed by atoms with E-state index < -0.39 is 0 Å². The Labute approximate surface area is 693 Å². The number of methoxy groups -OCH3 is 1. The fourth-order valence-electron chi connectivity index (χ4n) is 13.3. The Morgan fingerprint density at radius 1 is 0.385 bits per heavy atom. The van der Waals surface area contributed by atoms with Crippen molar-refractivity contribution in [2.45, 2.75) is 13.0 Å². The maximum absolute atomic E-state index is 13.5. The van der Waals surface area contributed by atoms with Crippen LogP contribution in [0.25, 0.3) is 105 Å². The lowest BCUT2D eigenvalue weighted by atomic mass is 10.0. The summed E-state index contributed by atoms with van der Waals surface area (Å²) in [5, 5.41) is 65.2. The van der Waals surface area contributed by atoms with Gasteiger partial charge in [-0.15, -0.1) is 45.3 Å². The number of benzene rings is 8. The first-order chi connectivity index (χ1) is 57.5. The number of fused-ring (bicyclic) bond motifs is 11. The number of halogens is 2. The second-order valence-corrected chi connectivity index (χ2v) is 33.2. The van der Waals surface area contributed by atoms with Crippen LogP contribution < -0.4 is 46.9 Å². The Kier molecular flexibility index (Phi) is 19.4. The third kappa shape index (κ3) is 15.6. The van der Waals surface area contributed by atoms with Crippen LogP contribution in [-0.2, 0) is 13.0 Å². The van der Waals surface area contributed by atoms with Crippen LogP contribution in [-0.4, -0.2) is 104 Å². The molecule has 0 spiro atoms. The normalized spacial score (nSPS) is 11.9. The monoisotopic (exact) mass is 1710 g/mol. The molecule has 1 aliphatic heterocycles. The van der Waals surface area contributed by atoms with E-state index >= 15 is 0 Å². The molecule has 35 heteroatoms. The fraction of sp³-hybridized carbons (Fsp3) is 0.0488. The molecule has 11 N–H and O–H groups in total. The van der Waals surface area contributed by atoms with E-state index in [1.54, 1.807) is 70.9 Å². The summed E-state index contributed by atoms with van der Waals surface area (Å²) in [6.45, 7) is 1.76. The largest absolute Gasteiger partial charge is 0.497 e. The molecule has 22 aromatic rings. The van der Waals surface area contributed by atoms with Gasteiger partial charge in [-0.25, -0.2) is 34.3 Å². The Morgan fingerprint density at radius 2 is 0.795 bits per heavy atom. The average molecular weight is 1710 g/mol. The highest BCUT2D eigenvalue weighted by molar-refractivity contribution is 9.10. The molecule has 0 unspecified atom stereocenters. The van der Waals surface area contributed by atoms with E-state index in [-0.39, 0.29) is 5.82 Å². The van der Waals surface area contributed by atoms with Gasteiger partial charge in [-0.3, -0.25) is 31.0 Å². The zero-order valence-electron chi connectivity index (χ0n) is 60.9. The Hall–Kier alpha value is -13.8. The Balaban J connectivity index is 0.000000100. The highest BCUT2D eigenvalue weighted by Crippen LogP contribution is 2.39. The summed E-state index contributed by atoms with van der Waals surface area (Å²) in [4.78, 5) is 49.1. The number of aromatic amines is 4. The average Bonchev–Trinajstić information content (AvgIpc) is 1.76. The molecule has 15 heterocycles. The Bertz CT molecular complexity index is 7410. The number of thiazole rings is 2. The minimum absolute atomic E-state index is 0.283. The van der Waals surface area contributed by atoms with E-state index in [1.807, 2.05) is 156 Å². The second-order valence-electron chi connectivity index (χ2n) is 26.6. The summed E-state index contributed by atoms with van der Waals surface area (Å²) in [6.07, 6.45) is 8.24. The van der Waals surface area contributed by atoms with Crippen molar-refractivity contribution in [2.75, 3.05) is 55.8 Å². The van der Waals surface area contributed by atoms with Crippen LogP contribution in [0.2, 0.25) is 0 Å². The van der Waals surface area contributed by atoms with E-state index in [4.69, 9.17) is 24.7 Å². The van der Waals surface area contributed by atoms with Gasteiger partial charge >= 0.3 is 0 Å². The first-order valence-electron chi connectivity index (χ1n) is 36.2. The van der Waals surface area contributed by atoms with Gasteiger partial charge in [-0.1, -0.05) is 62.9 Å². The van der Waals surface area contributed by atoms with Crippen molar-refractivity contribution in [3.8, 4) is 5.75 Å². The van der Waals surface area contributed by atoms with Crippen LogP contribution in [0.1, 0.15) is 11.1 Å². The highest BCUT2D eigenvalue weighted by Gasteiger charge is 2.22. The molecule has 0 aliphatic carbocycles. The smallest absolute Gasteiger partial charge is 0.231 e. The number of rotatable bonds is 16. The van der Waals surface area contributed by atoms with Crippen LogP contribution in [0.4, 0.5) is 90.2 Å². The molecule has 0 amide bonds. The Morgan fingerprint density at radius 3 is 1.26 bits per heavy atom. The molecule has 23 rings (SSSR count). The first kappa shape index (κ1) is 72.2. The first-order valence-corrected chi connectivity index (χ1v) is 42.2. The summed E-state index contributed by atoms with van der Waals surface area (Å²) in [6, 6.07) is 59.1. The molecule has 0 bridgehead atoms. The van der Waals surface area contributed by atoms with E-state index in [2.05, 4.69) is 171 Å². The maximum atomic E-state index is 13.5. The number of ether oxygens (including phenoxy) is 1. The molecule has 117 heavy (non-hydrogen) atoms. The van der Waals surface area contributed by atoms with Crippen LogP contribution in [0, 0.1) is 5.82 Å². The van der Waals surface area contributed by atoms with Gasteiger partial charge in [-0.05, 0) is 197 Å². The van der Waals surface area contributed by atoms with Crippen LogP contribution in [0.5, 0.6) is 5.75 Å². The number of nitrogens with zero attached hydrogens (tertiary/aromatic N) is 15. The summed E-state index contributed by atoms with van der Waals surface area (Å²) in [7, 11) is 1.66. The minimum atomic E-state index is -0.283. The number of nitrogens with one attached hydrogen (secondary N) is 11. The molecule has 572 valence electrons. The van der Waals surface area contributed by atoms with Gasteiger partial charge in [0, 0.05) is 67.5 Å². The molecular formula is C82H58BrFN26OS6. The lowest BCUT2D eigenvalue weighted by Gasteiger charge is -2.29. The van der Waals surface area contributed by atoms with E-state index in [1.165, 1.54) is 45.9 Å². The summed E-state index contributed by atoms with van der Waals surface area (Å²) in [5.41, 5.74) is 16.7. The van der Waals surface area contributed by atoms with Crippen LogP contribution >= 0.6 is 84.0 Å². The van der Waals surface area contributed by atoms with Crippen molar-refractivity contribution in [1.29, 1.82) is 0 Å². The fourth-order valence-corrected chi connectivity index (χ4v) is 18.4. The van der Waals surface area contributed by atoms with Crippen molar-refractivity contribution in [2.24, 2.45) is 0 Å². The number of H-pyrrole nitrogens is 4. The predicted molar refractivity (Wildman–Crippen MR) is 478 cm³/mol. The molecule has 0 fully saturated rings. The number of hydrogen-bond donors (Lipinski definition) is 11. The van der Waals surface area contributed by atoms with Crippen molar-refractivity contribution in [1.82, 2.24) is 90.6 Å².